The van der Waals surface area contributed by atoms with Crippen molar-refractivity contribution in [3.8, 4) is 0 Å². The summed E-state index contributed by atoms with van der Waals surface area (Å²) < 4.78 is 0. The van der Waals surface area contributed by atoms with Crippen LogP contribution in [0.4, 0.5) is 0 Å². The molecule has 3 rings (SSSR count). The molecule has 0 aromatic carbocycles. The number of aromatic nitrogens is 1. The summed E-state index contributed by atoms with van der Waals surface area (Å²) in [6, 6.07) is 0.861. The van der Waals surface area contributed by atoms with Crippen LogP contribution >= 0.6 is 35.3 Å². The summed E-state index contributed by atoms with van der Waals surface area (Å²) in [6.45, 7) is 6.47. The summed E-state index contributed by atoms with van der Waals surface area (Å²) >= 11 is 1.82. The first-order chi connectivity index (χ1) is 11.8. The van der Waals surface area contributed by atoms with Gasteiger partial charge in [0.2, 0.25) is 0 Å². The first-order valence-electron chi connectivity index (χ1n) is 9.40. The van der Waals surface area contributed by atoms with Crippen LogP contribution in [0.1, 0.15) is 42.5 Å². The third kappa shape index (κ3) is 7.38. The Hall–Kier alpha value is -0.410. The Kier molecular flexibility index (Phi) is 8.92. The molecular formula is C18H32IN5S. The average Bonchev–Trinajstić information content (AvgIpc) is 3.51. The third-order valence-electron chi connectivity index (χ3n) is 4.75. The van der Waals surface area contributed by atoms with Crippen molar-refractivity contribution in [1.82, 2.24) is 20.5 Å². The van der Waals surface area contributed by atoms with Crippen molar-refractivity contribution in [3.05, 3.63) is 16.1 Å². The molecule has 2 aliphatic carbocycles. The first kappa shape index (κ1) is 20.9. The molecule has 25 heavy (non-hydrogen) atoms. The van der Waals surface area contributed by atoms with E-state index < -0.39 is 0 Å². The summed E-state index contributed by atoms with van der Waals surface area (Å²) in [5.74, 6) is 1.89. The predicted octanol–water partition coefficient (Wildman–Crippen LogP) is 2.91. The van der Waals surface area contributed by atoms with Crippen LogP contribution < -0.4 is 10.6 Å². The van der Waals surface area contributed by atoms with Crippen LogP contribution in [0.5, 0.6) is 0 Å². The van der Waals surface area contributed by atoms with Crippen molar-refractivity contribution in [3.63, 3.8) is 0 Å². The van der Waals surface area contributed by atoms with Crippen LogP contribution in [0.2, 0.25) is 0 Å². The summed E-state index contributed by atoms with van der Waals surface area (Å²) in [5, 5.41) is 8.07. The highest BCUT2D eigenvalue weighted by Gasteiger charge is 2.33. The Balaban J connectivity index is 0.00000225. The molecule has 2 N–H and O–H groups in total. The molecule has 0 spiro atoms. The number of aryl methyl sites for hydroxylation is 1. The fourth-order valence-electron chi connectivity index (χ4n) is 2.95. The minimum atomic E-state index is 0. The van der Waals surface area contributed by atoms with Crippen molar-refractivity contribution < 1.29 is 0 Å². The quantitative estimate of drug-likeness (QED) is 0.309. The van der Waals surface area contributed by atoms with Gasteiger partial charge >= 0.3 is 0 Å². The molecule has 0 amide bonds. The largest absolute Gasteiger partial charge is 0.356 e. The highest BCUT2D eigenvalue weighted by molar-refractivity contribution is 14.0. The molecule has 1 aromatic rings. The number of guanidine groups is 1. The molecule has 0 unspecified atom stereocenters. The van der Waals surface area contributed by atoms with Gasteiger partial charge in [0, 0.05) is 56.8 Å². The summed E-state index contributed by atoms with van der Waals surface area (Å²) in [7, 11) is 1.84. The topological polar surface area (TPSA) is 52.6 Å². The molecule has 0 bridgehead atoms. The molecular weight excluding hydrogens is 445 g/mol. The van der Waals surface area contributed by atoms with Gasteiger partial charge in [-0.05, 0) is 38.0 Å². The number of hydrogen-bond donors (Lipinski definition) is 2. The van der Waals surface area contributed by atoms with E-state index in [1.165, 1.54) is 42.1 Å². The van der Waals surface area contributed by atoms with Gasteiger partial charge in [0.25, 0.3) is 0 Å². The molecule has 0 saturated heterocycles. The molecule has 5 nitrogen and oxygen atoms in total. The van der Waals surface area contributed by atoms with E-state index in [0.717, 1.165) is 50.4 Å². The Bertz CT molecular complexity index is 539. The van der Waals surface area contributed by atoms with Gasteiger partial charge in [-0.15, -0.1) is 35.3 Å². The zero-order valence-corrected chi connectivity index (χ0v) is 18.6. The Labute approximate surface area is 173 Å². The van der Waals surface area contributed by atoms with E-state index >= 15 is 0 Å². The molecule has 142 valence electrons. The number of nitrogens with one attached hydrogen (secondary N) is 2. The summed E-state index contributed by atoms with van der Waals surface area (Å²) in [6.07, 6.45) is 9.71. The van der Waals surface area contributed by atoms with Gasteiger partial charge in [0.1, 0.15) is 0 Å². The minimum absolute atomic E-state index is 0. The molecule has 1 heterocycles. The van der Waals surface area contributed by atoms with Crippen molar-refractivity contribution >= 4 is 41.3 Å². The van der Waals surface area contributed by atoms with Crippen LogP contribution in [0.3, 0.4) is 0 Å². The fourth-order valence-corrected chi connectivity index (χ4v) is 3.81. The maximum Gasteiger partial charge on any atom is 0.191 e. The molecule has 7 heteroatoms. The van der Waals surface area contributed by atoms with Crippen LogP contribution in [0.15, 0.2) is 11.2 Å². The molecule has 0 radical (unpaired) electrons. The predicted molar refractivity (Wildman–Crippen MR) is 117 cm³/mol. The maximum absolute atomic E-state index is 4.47. The Morgan fingerprint density at radius 3 is 2.64 bits per heavy atom. The number of thiazole rings is 1. The molecule has 2 fully saturated rings. The smallest absolute Gasteiger partial charge is 0.191 e. The van der Waals surface area contributed by atoms with E-state index in [4.69, 9.17) is 0 Å². The lowest BCUT2D eigenvalue weighted by molar-refractivity contribution is 0.256. The highest BCUT2D eigenvalue weighted by atomic mass is 127. The van der Waals surface area contributed by atoms with Crippen LogP contribution in [-0.4, -0.2) is 55.1 Å². The van der Waals surface area contributed by atoms with Crippen molar-refractivity contribution in [2.24, 2.45) is 10.9 Å². The van der Waals surface area contributed by atoms with Crippen LogP contribution in [0, 0.1) is 5.92 Å². The second kappa shape index (κ2) is 10.7. The van der Waals surface area contributed by atoms with E-state index in [9.17, 15) is 0 Å². The van der Waals surface area contributed by atoms with Gasteiger partial charge in [-0.1, -0.05) is 6.92 Å². The van der Waals surface area contributed by atoms with Gasteiger partial charge in [0.05, 0.1) is 5.01 Å². The van der Waals surface area contributed by atoms with Gasteiger partial charge in [0.15, 0.2) is 5.96 Å². The average molecular weight is 477 g/mol. The Morgan fingerprint density at radius 1 is 1.28 bits per heavy atom. The molecule has 0 atom stereocenters. The zero-order chi connectivity index (χ0) is 16.8. The van der Waals surface area contributed by atoms with Crippen molar-refractivity contribution in [2.45, 2.75) is 51.5 Å². The monoisotopic (exact) mass is 477 g/mol. The van der Waals surface area contributed by atoms with Crippen LogP contribution in [0.25, 0.3) is 0 Å². The van der Waals surface area contributed by atoms with E-state index in [0.29, 0.717) is 0 Å². The normalized spacial score (nSPS) is 17.5. The molecule has 1 aromatic heterocycles. The minimum Gasteiger partial charge on any atom is -0.356 e. The highest BCUT2D eigenvalue weighted by Crippen LogP contribution is 2.34. The number of nitrogens with zero attached hydrogens (tertiary/aromatic N) is 3. The number of hydrogen-bond acceptors (Lipinski definition) is 4. The number of rotatable bonds is 10. The van der Waals surface area contributed by atoms with Crippen molar-refractivity contribution in [2.75, 3.05) is 33.2 Å². The second-order valence-corrected chi connectivity index (χ2v) is 8.12. The number of halogens is 1. The van der Waals surface area contributed by atoms with Gasteiger partial charge in [-0.2, -0.15) is 0 Å². The standard InChI is InChI=1S/C18H31N5S.HI/c1-3-16-12-22-17(24-16)8-9-20-18(19-2)21-10-11-23(15-6-7-15)13-14-4-5-14;/h12,14-15H,3-11,13H2,1-2H3,(H2,19,20,21);1H. The first-order valence-corrected chi connectivity index (χ1v) is 10.2. The van der Waals surface area contributed by atoms with Crippen molar-refractivity contribution in [1.29, 1.82) is 0 Å². The number of aliphatic imine (C=N–C) groups is 1. The Morgan fingerprint density at radius 2 is 2.04 bits per heavy atom. The lowest BCUT2D eigenvalue weighted by atomic mass is 10.3. The molecule has 2 saturated carbocycles. The third-order valence-corrected chi connectivity index (χ3v) is 5.95. The van der Waals surface area contributed by atoms with E-state index in [1.807, 2.05) is 24.6 Å². The van der Waals surface area contributed by atoms with Gasteiger partial charge < -0.3 is 10.6 Å². The summed E-state index contributed by atoms with van der Waals surface area (Å²) in [4.78, 5) is 12.8. The molecule has 2 aliphatic rings. The zero-order valence-electron chi connectivity index (χ0n) is 15.5. The molecule has 0 aliphatic heterocycles. The SMILES string of the molecule is CCc1cnc(CCNC(=NC)NCCN(CC2CC2)C2CC2)s1.I. The fraction of sp³-hybridized carbons (Fsp3) is 0.778. The lowest BCUT2D eigenvalue weighted by Gasteiger charge is -2.22. The van der Waals surface area contributed by atoms with Crippen LogP contribution in [-0.2, 0) is 12.8 Å². The maximum atomic E-state index is 4.47. The summed E-state index contributed by atoms with van der Waals surface area (Å²) in [5.41, 5.74) is 0. The van der Waals surface area contributed by atoms with E-state index in [2.05, 4.69) is 32.4 Å². The van der Waals surface area contributed by atoms with E-state index in [-0.39, 0.29) is 24.0 Å². The van der Waals surface area contributed by atoms with Gasteiger partial charge in [-0.25, -0.2) is 4.98 Å². The second-order valence-electron chi connectivity index (χ2n) is 6.92. The van der Waals surface area contributed by atoms with Gasteiger partial charge in [-0.3, -0.25) is 9.89 Å². The lowest BCUT2D eigenvalue weighted by Crippen LogP contribution is -2.43. The van der Waals surface area contributed by atoms with E-state index in [1.54, 1.807) is 0 Å².